The van der Waals surface area contributed by atoms with Crippen LogP contribution in [0, 0.1) is 31.4 Å². The zero-order chi connectivity index (χ0) is 27.0. The summed E-state index contributed by atoms with van der Waals surface area (Å²) in [4.78, 5) is 23.7. The zero-order valence-electron chi connectivity index (χ0n) is 20.9. The van der Waals surface area contributed by atoms with E-state index in [4.69, 9.17) is 4.98 Å². The highest BCUT2D eigenvalue weighted by molar-refractivity contribution is 7.89. The first kappa shape index (κ1) is 26.3. The Kier molecular flexibility index (Phi) is 7.26. The number of aryl methyl sites for hydroxylation is 2. The summed E-state index contributed by atoms with van der Waals surface area (Å²) >= 11 is 1.43. The Morgan fingerprint density at radius 2 is 1.84 bits per heavy atom. The van der Waals surface area contributed by atoms with Crippen molar-refractivity contribution in [3.8, 4) is 0 Å². The van der Waals surface area contributed by atoms with Gasteiger partial charge in [-0.05, 0) is 79.8 Å². The molecule has 0 radical (unpaired) electrons. The Balaban J connectivity index is 1.39. The topological polar surface area (TPSA) is 83.5 Å². The van der Waals surface area contributed by atoms with Gasteiger partial charge in [-0.1, -0.05) is 17.4 Å². The smallest absolute Gasteiger partial charge is 0.246 e. The first-order chi connectivity index (χ1) is 18.1. The SMILES string of the molecule is Cc1cc2nc(N(Cc3cccnc3)C(=O)C3CCN(S(=O)(=O)c4cc(F)ccc4F)CC3)sc2cc1C. The minimum absolute atomic E-state index is 0.0215. The molecule has 7 nitrogen and oxygen atoms in total. The lowest BCUT2D eigenvalue weighted by atomic mass is 9.96. The number of carbonyl (C=O) groups excluding carboxylic acids is 1. The van der Waals surface area contributed by atoms with Crippen molar-refractivity contribution in [3.63, 3.8) is 0 Å². The Morgan fingerprint density at radius 3 is 2.55 bits per heavy atom. The van der Waals surface area contributed by atoms with E-state index in [-0.39, 0.29) is 38.4 Å². The summed E-state index contributed by atoms with van der Waals surface area (Å²) in [5, 5.41) is 0.565. The van der Waals surface area contributed by atoms with Crippen LogP contribution < -0.4 is 4.90 Å². The third-order valence-corrected chi connectivity index (χ3v) is 9.82. The summed E-state index contributed by atoms with van der Waals surface area (Å²) in [5.41, 5.74) is 3.91. The lowest BCUT2D eigenvalue weighted by molar-refractivity contribution is -0.123. The standard InChI is InChI=1S/C27H26F2N4O3S2/c1-17-12-23-24(13-18(17)2)37-27(31-23)33(16-19-4-3-9-30-15-19)26(34)20-7-10-32(11-8-20)38(35,36)25-14-21(28)5-6-22(25)29/h3-6,9,12-15,20H,7-8,10-11,16H2,1-2H3. The van der Waals surface area contributed by atoms with Crippen molar-refractivity contribution < 1.29 is 22.0 Å². The Hall–Kier alpha value is -3.28. The molecule has 0 spiro atoms. The maximum atomic E-state index is 14.2. The van der Waals surface area contributed by atoms with Crippen molar-refractivity contribution in [3.05, 3.63) is 83.2 Å². The van der Waals surface area contributed by atoms with E-state index in [1.165, 1.54) is 11.3 Å². The van der Waals surface area contributed by atoms with E-state index in [1.807, 2.05) is 26.0 Å². The van der Waals surface area contributed by atoms with Gasteiger partial charge in [0.05, 0.1) is 16.8 Å². The van der Waals surface area contributed by atoms with Gasteiger partial charge in [-0.3, -0.25) is 14.7 Å². The zero-order valence-corrected chi connectivity index (χ0v) is 22.5. The van der Waals surface area contributed by atoms with Gasteiger partial charge < -0.3 is 0 Å². The second-order valence-electron chi connectivity index (χ2n) is 9.44. The van der Waals surface area contributed by atoms with Crippen LogP contribution in [0.3, 0.4) is 0 Å². The second-order valence-corrected chi connectivity index (χ2v) is 12.4. The number of amides is 1. The van der Waals surface area contributed by atoms with Crippen LogP contribution in [0.15, 0.2) is 59.8 Å². The van der Waals surface area contributed by atoms with Crippen LogP contribution in [0.2, 0.25) is 0 Å². The molecule has 1 saturated heterocycles. The molecule has 1 amide bonds. The Bertz CT molecular complexity index is 1560. The number of hydrogen-bond acceptors (Lipinski definition) is 6. The van der Waals surface area contributed by atoms with Crippen LogP contribution in [0.25, 0.3) is 10.2 Å². The number of rotatable bonds is 6. The number of nitrogens with zero attached hydrogens (tertiary/aromatic N) is 4. The van der Waals surface area contributed by atoms with Crippen LogP contribution in [-0.4, -0.2) is 41.7 Å². The third kappa shape index (κ3) is 5.18. The number of piperidine rings is 1. The van der Waals surface area contributed by atoms with E-state index in [9.17, 15) is 22.0 Å². The highest BCUT2D eigenvalue weighted by Crippen LogP contribution is 2.34. The number of pyridine rings is 1. The minimum Gasteiger partial charge on any atom is -0.283 e. The fourth-order valence-corrected chi connectivity index (χ4v) is 7.17. The monoisotopic (exact) mass is 556 g/mol. The number of anilines is 1. The molecule has 38 heavy (non-hydrogen) atoms. The number of halogens is 2. The second kappa shape index (κ2) is 10.5. The highest BCUT2D eigenvalue weighted by Gasteiger charge is 2.36. The lowest BCUT2D eigenvalue weighted by Gasteiger charge is -2.33. The third-order valence-electron chi connectivity index (χ3n) is 6.87. The number of benzene rings is 2. The van der Waals surface area contributed by atoms with E-state index in [1.54, 1.807) is 23.4 Å². The van der Waals surface area contributed by atoms with Crippen LogP contribution in [0.4, 0.5) is 13.9 Å². The average molecular weight is 557 g/mol. The van der Waals surface area contributed by atoms with Gasteiger partial charge in [-0.2, -0.15) is 4.31 Å². The van der Waals surface area contributed by atoms with Gasteiger partial charge in [0.2, 0.25) is 15.9 Å². The summed E-state index contributed by atoms with van der Waals surface area (Å²) in [6, 6.07) is 10.1. The van der Waals surface area contributed by atoms with Gasteiger partial charge in [-0.25, -0.2) is 22.2 Å². The molecule has 3 heterocycles. The molecule has 1 fully saturated rings. The maximum absolute atomic E-state index is 14.2. The molecule has 198 valence electrons. The number of sulfonamides is 1. The summed E-state index contributed by atoms with van der Waals surface area (Å²) in [7, 11) is -4.24. The van der Waals surface area contributed by atoms with Crippen molar-refractivity contribution in [1.29, 1.82) is 0 Å². The Labute approximate surface area is 223 Å². The van der Waals surface area contributed by atoms with Gasteiger partial charge in [0, 0.05) is 31.4 Å². The fraction of sp³-hybridized carbons (Fsp3) is 0.296. The van der Waals surface area contributed by atoms with Crippen LogP contribution in [0.5, 0.6) is 0 Å². The first-order valence-corrected chi connectivity index (χ1v) is 14.4. The fourth-order valence-electron chi connectivity index (χ4n) is 4.57. The molecular weight excluding hydrogens is 530 g/mol. The highest BCUT2D eigenvalue weighted by atomic mass is 32.2. The molecule has 0 bridgehead atoms. The van der Waals surface area contributed by atoms with Crippen molar-refractivity contribution in [1.82, 2.24) is 14.3 Å². The molecule has 0 saturated carbocycles. The maximum Gasteiger partial charge on any atom is 0.246 e. The van der Waals surface area contributed by atoms with Gasteiger partial charge in [0.25, 0.3) is 0 Å². The van der Waals surface area contributed by atoms with E-state index >= 15 is 0 Å². The van der Waals surface area contributed by atoms with Gasteiger partial charge in [-0.15, -0.1) is 0 Å². The summed E-state index contributed by atoms with van der Waals surface area (Å²) in [5.74, 6) is -2.45. The average Bonchev–Trinajstić information content (AvgIpc) is 3.31. The van der Waals surface area contributed by atoms with E-state index in [2.05, 4.69) is 11.1 Å². The van der Waals surface area contributed by atoms with E-state index in [0.717, 1.165) is 43.3 Å². The number of hydrogen-bond donors (Lipinski definition) is 0. The lowest BCUT2D eigenvalue weighted by Crippen LogP contribution is -2.44. The summed E-state index contributed by atoms with van der Waals surface area (Å²) < 4.78 is 56.0. The number of fused-ring (bicyclic) bond motifs is 1. The predicted octanol–water partition coefficient (Wildman–Crippen LogP) is 5.22. The van der Waals surface area contributed by atoms with Gasteiger partial charge >= 0.3 is 0 Å². The van der Waals surface area contributed by atoms with Crippen LogP contribution in [-0.2, 0) is 21.4 Å². The number of carbonyl (C=O) groups is 1. The van der Waals surface area contributed by atoms with Crippen molar-refractivity contribution >= 4 is 42.6 Å². The van der Waals surface area contributed by atoms with E-state index in [0.29, 0.717) is 11.2 Å². The molecule has 0 unspecified atom stereocenters. The molecule has 1 aliphatic heterocycles. The normalized spacial score (nSPS) is 15.2. The molecular formula is C27H26F2N4O3S2. The van der Waals surface area contributed by atoms with Crippen molar-refractivity contribution in [2.75, 3.05) is 18.0 Å². The summed E-state index contributed by atoms with van der Waals surface area (Å²) in [6.45, 7) is 4.37. The van der Waals surface area contributed by atoms with Crippen molar-refractivity contribution in [2.24, 2.45) is 5.92 Å². The minimum atomic E-state index is -4.24. The molecule has 0 atom stereocenters. The first-order valence-electron chi connectivity index (χ1n) is 12.2. The molecule has 0 aliphatic carbocycles. The predicted molar refractivity (Wildman–Crippen MR) is 142 cm³/mol. The van der Waals surface area contributed by atoms with Gasteiger partial charge in [0.1, 0.15) is 16.5 Å². The number of aromatic nitrogens is 2. The molecule has 5 rings (SSSR count). The van der Waals surface area contributed by atoms with Crippen LogP contribution in [0.1, 0.15) is 29.5 Å². The largest absolute Gasteiger partial charge is 0.283 e. The molecule has 11 heteroatoms. The molecule has 1 aliphatic rings. The molecule has 0 N–H and O–H groups in total. The quantitative estimate of drug-likeness (QED) is 0.325. The molecule has 2 aromatic heterocycles. The molecule has 2 aromatic carbocycles. The summed E-state index contributed by atoms with van der Waals surface area (Å²) in [6.07, 6.45) is 3.87. The van der Waals surface area contributed by atoms with Crippen LogP contribution >= 0.6 is 11.3 Å². The number of thiazole rings is 1. The van der Waals surface area contributed by atoms with Gasteiger partial charge in [0.15, 0.2) is 5.13 Å². The molecule has 4 aromatic rings. The van der Waals surface area contributed by atoms with E-state index < -0.39 is 32.5 Å². The van der Waals surface area contributed by atoms with Crippen molar-refractivity contribution in [2.45, 2.75) is 38.1 Å². The Morgan fingerprint density at radius 1 is 1.11 bits per heavy atom.